The molecule has 0 aromatic carbocycles. The van der Waals surface area contributed by atoms with Gasteiger partial charge in [-0.05, 0) is 39.3 Å². The Labute approximate surface area is 127 Å². The van der Waals surface area contributed by atoms with Gasteiger partial charge in [0.2, 0.25) is 10.0 Å². The number of hydrogen-bond donors (Lipinski definition) is 0. The molecule has 0 aromatic heterocycles. The molecule has 2 unspecified atom stereocenters. The van der Waals surface area contributed by atoms with E-state index in [0.29, 0.717) is 38.8 Å². The number of sulfonamides is 1. The number of rotatable bonds is 4. The SMILES string of the molecule is CN(C)CC1COC2(COCCN(S(=O)(=O)C3CC3)C2)C1. The second-order valence-corrected chi connectivity index (χ2v) is 9.17. The van der Waals surface area contributed by atoms with E-state index in [9.17, 15) is 8.42 Å². The molecule has 0 amide bonds. The highest BCUT2D eigenvalue weighted by atomic mass is 32.2. The minimum absolute atomic E-state index is 0.161. The van der Waals surface area contributed by atoms with Gasteiger partial charge in [-0.2, -0.15) is 4.31 Å². The van der Waals surface area contributed by atoms with Crippen LogP contribution in [-0.4, -0.2) is 82.0 Å². The van der Waals surface area contributed by atoms with E-state index < -0.39 is 15.6 Å². The summed E-state index contributed by atoms with van der Waals surface area (Å²) in [6.45, 7) is 3.55. The first kappa shape index (κ1) is 15.7. The third-order valence-corrected chi connectivity index (χ3v) is 6.87. The number of ether oxygens (including phenoxy) is 2. The van der Waals surface area contributed by atoms with Gasteiger partial charge in [-0.1, -0.05) is 0 Å². The van der Waals surface area contributed by atoms with E-state index in [4.69, 9.17) is 9.47 Å². The van der Waals surface area contributed by atoms with Gasteiger partial charge in [-0.15, -0.1) is 0 Å². The van der Waals surface area contributed by atoms with E-state index in [1.54, 1.807) is 4.31 Å². The normalized spacial score (nSPS) is 35.5. The van der Waals surface area contributed by atoms with E-state index in [-0.39, 0.29) is 5.25 Å². The molecule has 2 saturated heterocycles. The van der Waals surface area contributed by atoms with Crippen molar-refractivity contribution in [3.8, 4) is 0 Å². The molecule has 2 atom stereocenters. The lowest BCUT2D eigenvalue weighted by molar-refractivity contribution is -0.0512. The standard InChI is InChI=1S/C14H26N2O4S/c1-15(2)8-12-7-14(20-9-12)10-16(5-6-19-11-14)21(17,18)13-3-4-13/h12-13H,3-11H2,1-2H3. The zero-order valence-electron chi connectivity index (χ0n) is 13.0. The van der Waals surface area contributed by atoms with E-state index in [1.807, 2.05) is 0 Å². The lowest BCUT2D eigenvalue weighted by Gasteiger charge is -2.30. The van der Waals surface area contributed by atoms with Crippen LogP contribution >= 0.6 is 0 Å². The average Bonchev–Trinajstić information content (AvgIpc) is 3.18. The van der Waals surface area contributed by atoms with Gasteiger partial charge in [-0.3, -0.25) is 0 Å². The predicted octanol–water partition coefficient (Wildman–Crippen LogP) is 0.148. The Morgan fingerprint density at radius 2 is 2.10 bits per heavy atom. The molecule has 2 heterocycles. The smallest absolute Gasteiger partial charge is 0.217 e. The Morgan fingerprint density at radius 1 is 1.33 bits per heavy atom. The Kier molecular flexibility index (Phi) is 4.31. The zero-order chi connectivity index (χ0) is 15.1. The van der Waals surface area contributed by atoms with Crippen LogP contribution in [0.4, 0.5) is 0 Å². The fourth-order valence-corrected chi connectivity index (χ4v) is 5.35. The van der Waals surface area contributed by atoms with Gasteiger partial charge in [0.25, 0.3) is 0 Å². The van der Waals surface area contributed by atoms with Gasteiger partial charge < -0.3 is 14.4 Å². The molecule has 0 aromatic rings. The summed E-state index contributed by atoms with van der Waals surface area (Å²) in [5.74, 6) is 0.451. The highest BCUT2D eigenvalue weighted by Gasteiger charge is 2.48. The maximum absolute atomic E-state index is 12.5. The van der Waals surface area contributed by atoms with Crippen LogP contribution in [0.15, 0.2) is 0 Å². The van der Waals surface area contributed by atoms with Crippen molar-refractivity contribution in [1.29, 1.82) is 0 Å². The van der Waals surface area contributed by atoms with Crippen LogP contribution in [0.25, 0.3) is 0 Å². The Morgan fingerprint density at radius 3 is 2.76 bits per heavy atom. The van der Waals surface area contributed by atoms with Crippen molar-refractivity contribution in [2.75, 3.05) is 53.6 Å². The van der Waals surface area contributed by atoms with Gasteiger partial charge in [0, 0.05) is 19.6 Å². The predicted molar refractivity (Wildman–Crippen MR) is 79.7 cm³/mol. The molecule has 1 aliphatic carbocycles. The summed E-state index contributed by atoms with van der Waals surface area (Å²) in [5.41, 5.74) is -0.445. The Balaban J connectivity index is 1.71. The van der Waals surface area contributed by atoms with Gasteiger partial charge in [0.15, 0.2) is 0 Å². The maximum Gasteiger partial charge on any atom is 0.217 e. The molecular weight excluding hydrogens is 292 g/mol. The molecule has 1 spiro atoms. The summed E-state index contributed by atoms with van der Waals surface area (Å²) in [5, 5.41) is -0.161. The van der Waals surface area contributed by atoms with Crippen LogP contribution in [0.1, 0.15) is 19.3 Å². The van der Waals surface area contributed by atoms with Crippen LogP contribution < -0.4 is 0 Å². The average molecular weight is 318 g/mol. The number of hydrogen-bond acceptors (Lipinski definition) is 5. The van der Waals surface area contributed by atoms with Gasteiger partial charge >= 0.3 is 0 Å². The second kappa shape index (κ2) is 5.77. The van der Waals surface area contributed by atoms with Crippen molar-refractivity contribution >= 4 is 10.0 Å². The summed E-state index contributed by atoms with van der Waals surface area (Å²) < 4.78 is 38.3. The van der Waals surface area contributed by atoms with Crippen LogP contribution in [-0.2, 0) is 19.5 Å². The molecule has 3 aliphatic rings. The van der Waals surface area contributed by atoms with Gasteiger partial charge in [0.1, 0.15) is 5.60 Å². The van der Waals surface area contributed by atoms with Gasteiger partial charge in [0.05, 0.1) is 25.1 Å². The van der Waals surface area contributed by atoms with E-state index in [0.717, 1.165) is 25.8 Å². The second-order valence-electron chi connectivity index (χ2n) is 6.96. The van der Waals surface area contributed by atoms with Crippen LogP contribution in [0.2, 0.25) is 0 Å². The van der Waals surface area contributed by atoms with Crippen LogP contribution in [0.5, 0.6) is 0 Å². The third-order valence-electron chi connectivity index (χ3n) is 4.53. The molecule has 3 fully saturated rings. The molecule has 6 nitrogen and oxygen atoms in total. The lowest BCUT2D eigenvalue weighted by atomic mass is 9.94. The minimum atomic E-state index is -3.15. The first-order chi connectivity index (χ1) is 9.91. The first-order valence-electron chi connectivity index (χ1n) is 7.77. The lowest BCUT2D eigenvalue weighted by Crippen LogP contribution is -2.47. The first-order valence-corrected chi connectivity index (χ1v) is 9.27. The Hall–Kier alpha value is -0.210. The molecule has 7 heteroatoms. The van der Waals surface area contributed by atoms with Crippen molar-refractivity contribution in [3.05, 3.63) is 0 Å². The van der Waals surface area contributed by atoms with E-state index >= 15 is 0 Å². The highest BCUT2D eigenvalue weighted by Crippen LogP contribution is 2.37. The molecule has 0 N–H and O–H groups in total. The molecule has 0 bridgehead atoms. The van der Waals surface area contributed by atoms with Crippen LogP contribution in [0, 0.1) is 5.92 Å². The third kappa shape index (κ3) is 3.42. The number of nitrogens with zero attached hydrogens (tertiary/aromatic N) is 2. The summed E-state index contributed by atoms with van der Waals surface area (Å²) in [4.78, 5) is 2.16. The van der Waals surface area contributed by atoms with Crippen molar-refractivity contribution in [2.24, 2.45) is 5.92 Å². The molecule has 0 radical (unpaired) electrons. The quantitative estimate of drug-likeness (QED) is 0.738. The zero-order valence-corrected chi connectivity index (χ0v) is 13.8. The summed E-state index contributed by atoms with van der Waals surface area (Å²) in [7, 11) is 0.955. The molecule has 3 rings (SSSR count). The van der Waals surface area contributed by atoms with Crippen molar-refractivity contribution in [2.45, 2.75) is 30.1 Å². The van der Waals surface area contributed by atoms with Gasteiger partial charge in [-0.25, -0.2) is 8.42 Å². The molecule has 2 aliphatic heterocycles. The van der Waals surface area contributed by atoms with Crippen molar-refractivity contribution in [3.63, 3.8) is 0 Å². The Bertz CT molecular complexity index is 477. The fraction of sp³-hybridized carbons (Fsp3) is 1.00. The summed E-state index contributed by atoms with van der Waals surface area (Å²) >= 11 is 0. The molecule has 21 heavy (non-hydrogen) atoms. The summed E-state index contributed by atoms with van der Waals surface area (Å²) in [6, 6.07) is 0. The van der Waals surface area contributed by atoms with E-state index in [1.165, 1.54) is 0 Å². The summed E-state index contributed by atoms with van der Waals surface area (Å²) in [6.07, 6.45) is 2.48. The van der Waals surface area contributed by atoms with Crippen molar-refractivity contribution in [1.82, 2.24) is 9.21 Å². The van der Waals surface area contributed by atoms with E-state index in [2.05, 4.69) is 19.0 Å². The fourth-order valence-electron chi connectivity index (χ4n) is 3.45. The topological polar surface area (TPSA) is 59.1 Å². The minimum Gasteiger partial charge on any atom is -0.377 e. The molecular formula is C14H26N2O4S. The maximum atomic E-state index is 12.5. The van der Waals surface area contributed by atoms with Crippen molar-refractivity contribution < 1.29 is 17.9 Å². The molecule has 1 saturated carbocycles. The largest absolute Gasteiger partial charge is 0.377 e. The van der Waals surface area contributed by atoms with Crippen LogP contribution in [0.3, 0.4) is 0 Å². The monoisotopic (exact) mass is 318 g/mol. The highest BCUT2D eigenvalue weighted by molar-refractivity contribution is 7.90. The molecule has 122 valence electrons.